The number of rotatable bonds is 4. The van der Waals surface area contributed by atoms with E-state index in [-0.39, 0.29) is 5.82 Å². The molecule has 13 heavy (non-hydrogen) atoms. The highest BCUT2D eigenvalue weighted by molar-refractivity contribution is 5.12. The van der Waals surface area contributed by atoms with Crippen LogP contribution in [0, 0.1) is 10.1 Å². The number of hydrogen-bond acceptors (Lipinski definition) is 4. The van der Waals surface area contributed by atoms with Gasteiger partial charge in [0.15, 0.2) is 0 Å². The van der Waals surface area contributed by atoms with Gasteiger partial charge in [0.1, 0.15) is 6.20 Å². The lowest BCUT2D eigenvalue weighted by Gasteiger charge is -2.02. The van der Waals surface area contributed by atoms with Crippen LogP contribution in [-0.2, 0) is 6.54 Å². The molecule has 0 spiro atoms. The Hall–Kier alpha value is -1.43. The average molecular weight is 185 g/mol. The third-order valence-corrected chi connectivity index (χ3v) is 1.61. The molecule has 6 heteroatoms. The minimum absolute atomic E-state index is 0.161. The first-order chi connectivity index (χ1) is 6.09. The van der Waals surface area contributed by atoms with E-state index in [4.69, 9.17) is 5.11 Å². The minimum atomic E-state index is -0.543. The quantitative estimate of drug-likeness (QED) is 0.549. The van der Waals surface area contributed by atoms with E-state index in [1.54, 1.807) is 11.5 Å². The van der Waals surface area contributed by atoms with Crippen molar-refractivity contribution >= 4 is 5.82 Å². The van der Waals surface area contributed by atoms with E-state index < -0.39 is 11.0 Å². The van der Waals surface area contributed by atoms with Crippen LogP contribution in [0.1, 0.15) is 13.3 Å². The van der Waals surface area contributed by atoms with Gasteiger partial charge in [0.25, 0.3) is 0 Å². The molecule has 0 aliphatic heterocycles. The van der Waals surface area contributed by atoms with Crippen LogP contribution in [0.5, 0.6) is 0 Å². The molecule has 0 aliphatic carbocycles. The maximum absolute atomic E-state index is 10.2. The van der Waals surface area contributed by atoms with E-state index in [1.807, 2.05) is 0 Å². The van der Waals surface area contributed by atoms with Crippen LogP contribution in [0.25, 0.3) is 0 Å². The van der Waals surface area contributed by atoms with Gasteiger partial charge in [-0.05, 0) is 23.3 Å². The fraction of sp³-hybridized carbons (Fsp3) is 0.571. The van der Waals surface area contributed by atoms with E-state index >= 15 is 0 Å². The molecule has 0 radical (unpaired) electrons. The van der Waals surface area contributed by atoms with Crippen molar-refractivity contribution in [1.29, 1.82) is 0 Å². The highest BCUT2D eigenvalue weighted by Gasteiger charge is 2.09. The summed E-state index contributed by atoms with van der Waals surface area (Å²) in [5.74, 6) is -0.161. The lowest BCUT2D eigenvalue weighted by Crippen LogP contribution is -2.05. The molecule has 0 fully saturated rings. The second-order valence-electron chi connectivity index (χ2n) is 2.86. The zero-order valence-corrected chi connectivity index (χ0v) is 7.25. The fourth-order valence-electron chi connectivity index (χ4n) is 0.901. The molecular formula is C7H11N3O3. The Kier molecular flexibility index (Phi) is 2.97. The van der Waals surface area contributed by atoms with Gasteiger partial charge in [-0.3, -0.25) is 0 Å². The summed E-state index contributed by atoms with van der Waals surface area (Å²) in [5, 5.41) is 19.2. The predicted octanol–water partition coefficient (Wildman–Crippen LogP) is 0.562. The van der Waals surface area contributed by atoms with E-state index in [1.165, 1.54) is 12.5 Å². The summed E-state index contributed by atoms with van der Waals surface area (Å²) >= 11 is 0. The maximum Gasteiger partial charge on any atom is 0.381 e. The third kappa shape index (κ3) is 2.83. The van der Waals surface area contributed by atoms with Gasteiger partial charge in [-0.15, -0.1) is 0 Å². The molecule has 1 rings (SSSR count). The number of aliphatic hydroxyl groups is 1. The topological polar surface area (TPSA) is 81.2 Å². The SMILES string of the molecule is CC(O)CCn1cnc([N+](=O)[O-])c1. The number of aliphatic hydroxyl groups excluding tert-OH is 1. The monoisotopic (exact) mass is 185 g/mol. The molecule has 0 amide bonds. The first-order valence-electron chi connectivity index (χ1n) is 3.94. The van der Waals surface area contributed by atoms with Crippen LogP contribution >= 0.6 is 0 Å². The first kappa shape index (κ1) is 9.66. The zero-order chi connectivity index (χ0) is 9.84. The van der Waals surface area contributed by atoms with Crippen molar-refractivity contribution in [2.24, 2.45) is 0 Å². The molecule has 6 nitrogen and oxygen atoms in total. The Morgan fingerprint density at radius 1 is 1.85 bits per heavy atom. The lowest BCUT2D eigenvalue weighted by atomic mass is 10.3. The smallest absolute Gasteiger partial charge is 0.381 e. The van der Waals surface area contributed by atoms with Crippen LogP contribution in [0.15, 0.2) is 12.5 Å². The average Bonchev–Trinajstić information content (AvgIpc) is 2.48. The van der Waals surface area contributed by atoms with Crippen LogP contribution < -0.4 is 0 Å². The summed E-state index contributed by atoms with van der Waals surface area (Å²) in [6.45, 7) is 2.21. The van der Waals surface area contributed by atoms with Crippen LogP contribution in [0.2, 0.25) is 0 Å². The standard InChI is InChI=1S/C7H11N3O3/c1-6(11)2-3-9-4-7(8-5-9)10(12)13/h4-6,11H,2-3H2,1H3. The van der Waals surface area contributed by atoms with Crippen LogP contribution in [-0.4, -0.2) is 25.7 Å². The normalized spacial score (nSPS) is 12.8. The summed E-state index contributed by atoms with van der Waals surface area (Å²) in [4.78, 5) is 13.3. The summed E-state index contributed by atoms with van der Waals surface area (Å²) < 4.78 is 1.59. The number of aryl methyl sites for hydroxylation is 1. The summed E-state index contributed by atoms with van der Waals surface area (Å²) in [6.07, 6.45) is 2.90. The first-order valence-corrected chi connectivity index (χ1v) is 3.94. The highest BCUT2D eigenvalue weighted by Crippen LogP contribution is 2.06. The Morgan fingerprint density at radius 2 is 2.54 bits per heavy atom. The van der Waals surface area contributed by atoms with Gasteiger partial charge in [0.05, 0.1) is 6.10 Å². The molecule has 0 bridgehead atoms. The van der Waals surface area contributed by atoms with E-state index in [0.717, 1.165) is 0 Å². The van der Waals surface area contributed by atoms with Gasteiger partial charge >= 0.3 is 5.82 Å². The van der Waals surface area contributed by atoms with Gasteiger partial charge in [-0.1, -0.05) is 0 Å². The molecule has 1 atom stereocenters. The molecular weight excluding hydrogens is 174 g/mol. The third-order valence-electron chi connectivity index (χ3n) is 1.61. The number of nitrogens with zero attached hydrogens (tertiary/aromatic N) is 3. The number of aromatic nitrogens is 2. The molecule has 72 valence electrons. The Labute approximate surface area is 75.0 Å². The lowest BCUT2D eigenvalue weighted by molar-refractivity contribution is -0.389. The predicted molar refractivity (Wildman–Crippen MR) is 45.2 cm³/mol. The molecule has 0 aliphatic rings. The number of imidazole rings is 1. The molecule has 1 aromatic rings. The molecule has 1 heterocycles. The molecule has 1 N–H and O–H groups in total. The molecule has 1 unspecified atom stereocenters. The molecule has 0 saturated carbocycles. The van der Waals surface area contributed by atoms with Crippen molar-refractivity contribution in [1.82, 2.24) is 9.55 Å². The van der Waals surface area contributed by atoms with Gasteiger partial charge in [-0.2, -0.15) is 0 Å². The van der Waals surface area contributed by atoms with Crippen molar-refractivity contribution in [3.05, 3.63) is 22.6 Å². The second kappa shape index (κ2) is 3.99. The number of hydrogen-bond donors (Lipinski definition) is 1. The van der Waals surface area contributed by atoms with E-state index in [0.29, 0.717) is 13.0 Å². The van der Waals surface area contributed by atoms with Crippen LogP contribution in [0.4, 0.5) is 5.82 Å². The van der Waals surface area contributed by atoms with Crippen molar-refractivity contribution in [3.8, 4) is 0 Å². The maximum atomic E-state index is 10.2. The van der Waals surface area contributed by atoms with Gasteiger partial charge in [0, 0.05) is 6.54 Å². The van der Waals surface area contributed by atoms with Crippen molar-refractivity contribution in [3.63, 3.8) is 0 Å². The number of nitro groups is 1. The second-order valence-corrected chi connectivity index (χ2v) is 2.86. The van der Waals surface area contributed by atoms with E-state index in [9.17, 15) is 10.1 Å². The largest absolute Gasteiger partial charge is 0.393 e. The van der Waals surface area contributed by atoms with Crippen LogP contribution in [0.3, 0.4) is 0 Å². The fourth-order valence-corrected chi connectivity index (χ4v) is 0.901. The van der Waals surface area contributed by atoms with Gasteiger partial charge in [-0.25, -0.2) is 0 Å². The summed E-state index contributed by atoms with van der Waals surface area (Å²) in [5.41, 5.74) is 0. The summed E-state index contributed by atoms with van der Waals surface area (Å²) in [6, 6.07) is 0. The summed E-state index contributed by atoms with van der Waals surface area (Å²) in [7, 11) is 0. The molecule has 0 aromatic carbocycles. The minimum Gasteiger partial charge on any atom is -0.393 e. The van der Waals surface area contributed by atoms with E-state index in [2.05, 4.69) is 4.98 Å². The van der Waals surface area contributed by atoms with Crippen molar-refractivity contribution in [2.45, 2.75) is 26.0 Å². The van der Waals surface area contributed by atoms with Gasteiger partial charge in [0.2, 0.25) is 6.33 Å². The Bertz CT molecular complexity index is 295. The molecule has 0 saturated heterocycles. The van der Waals surface area contributed by atoms with Gasteiger partial charge < -0.3 is 19.8 Å². The zero-order valence-electron chi connectivity index (χ0n) is 7.25. The Morgan fingerprint density at radius 3 is 3.00 bits per heavy atom. The van der Waals surface area contributed by atoms with Crippen molar-refractivity contribution in [2.75, 3.05) is 0 Å². The highest BCUT2D eigenvalue weighted by atomic mass is 16.6. The Balaban J connectivity index is 2.54. The molecule has 1 aromatic heterocycles. The van der Waals surface area contributed by atoms with Crippen molar-refractivity contribution < 1.29 is 10.0 Å².